The highest BCUT2D eigenvalue weighted by atomic mass is 19.4. The summed E-state index contributed by atoms with van der Waals surface area (Å²) >= 11 is 0. The number of Topliss-reactive ketones (excluding diaryl/α,β-unsaturated/α-hetero) is 1. The molecule has 4 rings (SSSR count). The molecule has 1 aromatic carbocycles. The Hall–Kier alpha value is -3.37. The second kappa shape index (κ2) is 10.9. The zero-order valence-electron chi connectivity index (χ0n) is 23.1. The molecule has 2 unspecified atom stereocenters. The zero-order chi connectivity index (χ0) is 29.5. The van der Waals surface area contributed by atoms with E-state index >= 15 is 0 Å². The number of hydrogen-bond acceptors (Lipinski definition) is 5. The zero-order valence-corrected chi connectivity index (χ0v) is 23.1. The molecule has 0 aromatic heterocycles. The van der Waals surface area contributed by atoms with Gasteiger partial charge in [0.25, 0.3) is 0 Å². The first-order chi connectivity index (χ1) is 18.7. The fourth-order valence-corrected chi connectivity index (χ4v) is 5.28. The minimum atomic E-state index is -4.71. The van der Waals surface area contributed by atoms with Gasteiger partial charge in [-0.3, -0.25) is 14.5 Å². The summed E-state index contributed by atoms with van der Waals surface area (Å²) in [4.78, 5) is 41.0. The molecule has 2 amide bonds. The summed E-state index contributed by atoms with van der Waals surface area (Å²) in [6.45, 7) is 6.69. The van der Waals surface area contributed by atoms with Gasteiger partial charge >= 0.3 is 12.3 Å². The van der Waals surface area contributed by atoms with E-state index in [2.05, 4.69) is 26.1 Å². The summed E-state index contributed by atoms with van der Waals surface area (Å²) in [5.74, 6) is -2.03. The van der Waals surface area contributed by atoms with Crippen LogP contribution in [-0.2, 0) is 20.9 Å². The molecule has 2 aliphatic carbocycles. The Morgan fingerprint density at radius 1 is 1.20 bits per heavy atom. The van der Waals surface area contributed by atoms with Gasteiger partial charge in [0.15, 0.2) is 11.4 Å². The maximum Gasteiger partial charge on any atom is 0.411 e. The lowest BCUT2D eigenvalue weighted by atomic mass is 9.85. The van der Waals surface area contributed by atoms with Crippen molar-refractivity contribution in [1.29, 1.82) is 0 Å². The van der Waals surface area contributed by atoms with E-state index in [0.717, 1.165) is 30.4 Å². The van der Waals surface area contributed by atoms with Gasteiger partial charge in [0.1, 0.15) is 18.4 Å². The van der Waals surface area contributed by atoms with E-state index in [9.17, 15) is 31.9 Å². The number of nitrogens with one attached hydrogen (secondary N) is 1. The number of allylic oxidation sites excluding steroid dienone is 3. The number of halogens is 4. The summed E-state index contributed by atoms with van der Waals surface area (Å²) < 4.78 is 60.0. The summed E-state index contributed by atoms with van der Waals surface area (Å²) in [5.41, 5.74) is 0.355. The maximum atomic E-state index is 13.6. The SMILES string of the molecule is CCC(C)(C)CNC1=CC=C2C(CC[C@]23CN(CC(=O)N(Cc2ccc(F)cc2)C(C)C(F)(F)F)C(=O)O3)C1=O. The van der Waals surface area contributed by atoms with Gasteiger partial charge in [-0.05, 0) is 60.9 Å². The van der Waals surface area contributed by atoms with Crippen molar-refractivity contribution in [2.75, 3.05) is 19.6 Å². The molecule has 0 bridgehead atoms. The molecule has 1 aromatic rings. The molecular weight excluding hydrogens is 530 g/mol. The van der Waals surface area contributed by atoms with E-state index < -0.39 is 54.6 Å². The highest BCUT2D eigenvalue weighted by Gasteiger charge is 2.56. The number of alkyl halides is 3. The van der Waals surface area contributed by atoms with Crippen LogP contribution < -0.4 is 5.32 Å². The third-order valence-corrected chi connectivity index (χ3v) is 8.31. The highest BCUT2D eigenvalue weighted by Crippen LogP contribution is 2.48. The van der Waals surface area contributed by atoms with Gasteiger partial charge in [-0.2, -0.15) is 13.2 Å². The third kappa shape index (κ3) is 6.02. The van der Waals surface area contributed by atoms with Gasteiger partial charge in [-0.15, -0.1) is 0 Å². The Balaban J connectivity index is 1.50. The second-order valence-corrected chi connectivity index (χ2v) is 11.6. The Morgan fingerprint density at radius 3 is 2.50 bits per heavy atom. The van der Waals surface area contributed by atoms with Crippen molar-refractivity contribution >= 4 is 17.8 Å². The number of rotatable bonds is 9. The average Bonchev–Trinajstić information content (AvgIpc) is 3.41. The number of hydrogen-bond donors (Lipinski definition) is 1. The molecule has 1 N–H and O–H groups in total. The van der Waals surface area contributed by atoms with Gasteiger partial charge in [-0.25, -0.2) is 9.18 Å². The number of amides is 2. The molecule has 1 saturated carbocycles. The molecule has 3 atom stereocenters. The molecule has 1 spiro atoms. The van der Waals surface area contributed by atoms with E-state index in [0.29, 0.717) is 41.1 Å². The van der Waals surface area contributed by atoms with Gasteiger partial charge in [-0.1, -0.05) is 39.0 Å². The Bertz CT molecular complexity index is 1220. The third-order valence-electron chi connectivity index (χ3n) is 8.31. The topological polar surface area (TPSA) is 79.0 Å². The molecule has 7 nitrogen and oxygen atoms in total. The molecule has 11 heteroatoms. The van der Waals surface area contributed by atoms with Gasteiger partial charge < -0.3 is 15.0 Å². The van der Waals surface area contributed by atoms with Crippen LogP contribution in [0.5, 0.6) is 0 Å². The number of benzene rings is 1. The molecular formula is C29H35F4N3O4. The van der Waals surface area contributed by atoms with Crippen LogP contribution in [0.25, 0.3) is 0 Å². The minimum absolute atomic E-state index is 0.00419. The standard InChI is InChI=1S/C29H35F4N3O4/c1-5-27(3,4)16-34-23-11-10-22-21(25(23)38)12-13-28(22)17-35(26(39)40-28)15-24(37)36(18(2)29(31,32)33)14-19-6-8-20(30)9-7-19/h6-11,18,21,34H,5,12-17H2,1-4H3/t18?,21?,28-/m0/s1. The fraction of sp³-hybridized carbons (Fsp3) is 0.552. The van der Waals surface area contributed by atoms with Crippen LogP contribution in [-0.4, -0.2) is 65.0 Å². The van der Waals surface area contributed by atoms with Crippen molar-refractivity contribution in [3.8, 4) is 0 Å². The van der Waals surface area contributed by atoms with Crippen LogP contribution in [0.2, 0.25) is 0 Å². The highest BCUT2D eigenvalue weighted by molar-refractivity contribution is 6.01. The van der Waals surface area contributed by atoms with Crippen molar-refractivity contribution < 1.29 is 36.7 Å². The molecule has 1 saturated heterocycles. The lowest BCUT2D eigenvalue weighted by molar-refractivity contribution is -0.187. The largest absolute Gasteiger partial charge is 0.436 e. The quantitative estimate of drug-likeness (QED) is 0.421. The molecule has 1 aliphatic heterocycles. The summed E-state index contributed by atoms with van der Waals surface area (Å²) in [5, 5.41) is 3.24. The number of fused-ring (bicyclic) bond motifs is 2. The van der Waals surface area contributed by atoms with E-state index in [4.69, 9.17) is 4.74 Å². The van der Waals surface area contributed by atoms with Gasteiger partial charge in [0.05, 0.1) is 12.2 Å². The number of nitrogens with zero attached hydrogens (tertiary/aromatic N) is 2. The first-order valence-electron chi connectivity index (χ1n) is 13.4. The van der Waals surface area contributed by atoms with Crippen LogP contribution in [0.1, 0.15) is 52.5 Å². The Kier molecular flexibility index (Phi) is 8.06. The van der Waals surface area contributed by atoms with Crippen molar-refractivity contribution in [2.24, 2.45) is 11.3 Å². The predicted molar refractivity (Wildman–Crippen MR) is 139 cm³/mol. The summed E-state index contributed by atoms with van der Waals surface area (Å²) in [7, 11) is 0. The number of carbonyl (C=O) groups excluding carboxylic acids is 3. The maximum absolute atomic E-state index is 13.6. The summed E-state index contributed by atoms with van der Waals surface area (Å²) in [6, 6.07) is 2.69. The molecule has 3 aliphatic rings. The average molecular weight is 566 g/mol. The van der Waals surface area contributed by atoms with E-state index in [1.165, 1.54) is 12.1 Å². The van der Waals surface area contributed by atoms with Crippen LogP contribution in [0, 0.1) is 17.2 Å². The van der Waals surface area contributed by atoms with Crippen molar-refractivity contribution in [3.63, 3.8) is 0 Å². The predicted octanol–water partition coefficient (Wildman–Crippen LogP) is 5.12. The van der Waals surface area contributed by atoms with E-state index in [1.54, 1.807) is 12.2 Å². The first-order valence-corrected chi connectivity index (χ1v) is 13.4. The summed E-state index contributed by atoms with van der Waals surface area (Å²) in [6.07, 6.45) is -0.304. The Labute approximate surface area is 231 Å². The Morgan fingerprint density at radius 2 is 1.88 bits per heavy atom. The molecule has 0 radical (unpaired) electrons. The van der Waals surface area contributed by atoms with Crippen molar-refractivity contribution in [1.82, 2.24) is 15.1 Å². The molecule has 218 valence electrons. The van der Waals surface area contributed by atoms with Gasteiger partial charge in [0.2, 0.25) is 5.91 Å². The van der Waals surface area contributed by atoms with Crippen LogP contribution >= 0.6 is 0 Å². The van der Waals surface area contributed by atoms with Crippen molar-refractivity contribution in [2.45, 2.75) is 71.3 Å². The van der Waals surface area contributed by atoms with E-state index in [1.807, 2.05) is 0 Å². The number of carbonyl (C=O) groups is 3. The van der Waals surface area contributed by atoms with Crippen LogP contribution in [0.15, 0.2) is 47.7 Å². The van der Waals surface area contributed by atoms with Crippen LogP contribution in [0.4, 0.5) is 22.4 Å². The number of ketones is 1. The molecule has 40 heavy (non-hydrogen) atoms. The van der Waals surface area contributed by atoms with E-state index in [-0.39, 0.29) is 17.7 Å². The normalized spacial score (nSPS) is 23.5. The minimum Gasteiger partial charge on any atom is -0.436 e. The smallest absolute Gasteiger partial charge is 0.411 e. The second-order valence-electron chi connectivity index (χ2n) is 11.6. The van der Waals surface area contributed by atoms with Gasteiger partial charge in [0, 0.05) is 19.0 Å². The lowest BCUT2D eigenvalue weighted by Crippen LogP contribution is -2.50. The molecule has 2 fully saturated rings. The lowest BCUT2D eigenvalue weighted by Gasteiger charge is -2.32. The number of ether oxygens (including phenoxy) is 1. The van der Waals surface area contributed by atoms with Crippen molar-refractivity contribution in [3.05, 3.63) is 59.1 Å². The fourth-order valence-electron chi connectivity index (χ4n) is 5.28. The van der Waals surface area contributed by atoms with Crippen LogP contribution in [0.3, 0.4) is 0 Å². The molecule has 1 heterocycles. The monoisotopic (exact) mass is 565 g/mol. The first kappa shape index (κ1) is 29.6.